The number of rotatable bonds is 5. The lowest BCUT2D eigenvalue weighted by Gasteiger charge is -2.23. The van der Waals surface area contributed by atoms with Gasteiger partial charge in [0.05, 0.1) is 18.8 Å². The number of ether oxygens (including phenoxy) is 1. The molecule has 2 rings (SSSR count). The first kappa shape index (κ1) is 11.5. The molecule has 1 aromatic heterocycles. The summed E-state index contributed by atoms with van der Waals surface area (Å²) >= 11 is 0. The maximum atomic E-state index is 5.46. The van der Waals surface area contributed by atoms with Gasteiger partial charge in [-0.15, -0.1) is 5.10 Å². The van der Waals surface area contributed by atoms with Gasteiger partial charge in [0, 0.05) is 31.4 Å². The molecule has 1 unspecified atom stereocenters. The van der Waals surface area contributed by atoms with E-state index in [1.165, 1.54) is 0 Å². The van der Waals surface area contributed by atoms with E-state index in [2.05, 4.69) is 22.6 Å². The first-order valence-electron chi connectivity index (χ1n) is 5.64. The van der Waals surface area contributed by atoms with Crippen LogP contribution in [0.25, 0.3) is 0 Å². The number of nitrogens with two attached hydrogens (primary N) is 1. The summed E-state index contributed by atoms with van der Waals surface area (Å²) in [7, 11) is 0. The number of aromatic nitrogens is 3. The predicted octanol–water partition coefficient (Wildman–Crippen LogP) is -0.495. The lowest BCUT2D eigenvalue weighted by atomic mass is 10.0. The second-order valence-corrected chi connectivity index (χ2v) is 4.47. The van der Waals surface area contributed by atoms with Crippen molar-refractivity contribution < 1.29 is 4.74 Å². The second kappa shape index (κ2) is 4.90. The van der Waals surface area contributed by atoms with Crippen LogP contribution in [0.5, 0.6) is 0 Å². The minimum Gasteiger partial charge on any atom is -0.379 e. The van der Waals surface area contributed by atoms with Crippen molar-refractivity contribution >= 4 is 0 Å². The molecule has 0 amide bonds. The molecular formula is C10H19N5O. The highest BCUT2D eigenvalue weighted by Crippen LogP contribution is 2.16. The summed E-state index contributed by atoms with van der Waals surface area (Å²) in [6, 6.07) is 0. The van der Waals surface area contributed by atoms with Gasteiger partial charge in [0.25, 0.3) is 0 Å². The molecule has 0 radical (unpaired) electrons. The quantitative estimate of drug-likeness (QED) is 0.706. The molecule has 1 atom stereocenters. The third kappa shape index (κ3) is 2.78. The Balaban J connectivity index is 1.75. The maximum Gasteiger partial charge on any atom is 0.0962 e. The van der Waals surface area contributed by atoms with E-state index in [4.69, 9.17) is 10.5 Å². The largest absolute Gasteiger partial charge is 0.379 e. The third-order valence-electron chi connectivity index (χ3n) is 2.91. The molecule has 3 N–H and O–H groups in total. The van der Waals surface area contributed by atoms with E-state index >= 15 is 0 Å². The fraction of sp³-hybridized carbons (Fsp3) is 0.800. The summed E-state index contributed by atoms with van der Waals surface area (Å²) in [5.41, 5.74) is 6.42. The van der Waals surface area contributed by atoms with Gasteiger partial charge < -0.3 is 15.8 Å². The van der Waals surface area contributed by atoms with E-state index in [1.54, 1.807) is 0 Å². The SMILES string of the molecule is CC1(NCCn2cc(CN)nn2)CCOC1. The third-order valence-corrected chi connectivity index (χ3v) is 2.91. The first-order chi connectivity index (χ1) is 7.72. The standard InChI is InChI=1S/C10H19N5O/c1-10(2-5-16-8-10)12-3-4-15-7-9(6-11)13-14-15/h7,12H,2-6,8,11H2,1H3. The molecule has 0 aliphatic carbocycles. The molecule has 1 aromatic rings. The van der Waals surface area contributed by atoms with Crippen LogP contribution in [0.1, 0.15) is 19.0 Å². The fourth-order valence-corrected chi connectivity index (χ4v) is 1.82. The van der Waals surface area contributed by atoms with Crippen molar-refractivity contribution in [1.29, 1.82) is 0 Å². The highest BCUT2D eigenvalue weighted by Gasteiger charge is 2.28. The van der Waals surface area contributed by atoms with E-state index in [1.807, 2.05) is 10.9 Å². The van der Waals surface area contributed by atoms with Crippen LogP contribution in [-0.2, 0) is 17.8 Å². The summed E-state index contributed by atoms with van der Waals surface area (Å²) in [5, 5.41) is 11.4. The Morgan fingerprint density at radius 1 is 1.69 bits per heavy atom. The van der Waals surface area contributed by atoms with Gasteiger partial charge in [0.15, 0.2) is 0 Å². The van der Waals surface area contributed by atoms with Crippen LogP contribution in [0.15, 0.2) is 6.20 Å². The van der Waals surface area contributed by atoms with Crippen molar-refractivity contribution in [2.75, 3.05) is 19.8 Å². The van der Waals surface area contributed by atoms with Crippen LogP contribution in [0, 0.1) is 0 Å². The van der Waals surface area contributed by atoms with Crippen LogP contribution in [0.4, 0.5) is 0 Å². The van der Waals surface area contributed by atoms with E-state index in [0.717, 1.165) is 38.4 Å². The lowest BCUT2D eigenvalue weighted by Crippen LogP contribution is -2.44. The van der Waals surface area contributed by atoms with Gasteiger partial charge in [-0.25, -0.2) is 0 Å². The van der Waals surface area contributed by atoms with Gasteiger partial charge in [0.1, 0.15) is 0 Å². The van der Waals surface area contributed by atoms with Crippen molar-refractivity contribution in [3.63, 3.8) is 0 Å². The summed E-state index contributed by atoms with van der Waals surface area (Å²) in [6.07, 6.45) is 2.95. The molecule has 0 bridgehead atoms. The van der Waals surface area contributed by atoms with Crippen LogP contribution in [0.3, 0.4) is 0 Å². The predicted molar refractivity (Wildman–Crippen MR) is 59.8 cm³/mol. The van der Waals surface area contributed by atoms with Gasteiger partial charge in [-0.05, 0) is 13.3 Å². The molecule has 0 aromatic carbocycles. The molecule has 6 nitrogen and oxygen atoms in total. The van der Waals surface area contributed by atoms with E-state index in [9.17, 15) is 0 Å². The monoisotopic (exact) mass is 225 g/mol. The number of nitrogens with one attached hydrogen (secondary N) is 1. The molecule has 90 valence electrons. The molecule has 1 saturated heterocycles. The lowest BCUT2D eigenvalue weighted by molar-refractivity contribution is 0.171. The fourth-order valence-electron chi connectivity index (χ4n) is 1.82. The zero-order valence-electron chi connectivity index (χ0n) is 9.65. The van der Waals surface area contributed by atoms with Crippen LogP contribution in [0.2, 0.25) is 0 Å². The smallest absolute Gasteiger partial charge is 0.0962 e. The van der Waals surface area contributed by atoms with E-state index < -0.39 is 0 Å². The normalized spacial score (nSPS) is 25.1. The molecule has 0 saturated carbocycles. The molecular weight excluding hydrogens is 206 g/mol. The van der Waals surface area contributed by atoms with Gasteiger partial charge in [-0.1, -0.05) is 5.21 Å². The average molecular weight is 225 g/mol. The minimum atomic E-state index is 0.122. The van der Waals surface area contributed by atoms with Crippen molar-refractivity contribution in [3.05, 3.63) is 11.9 Å². The zero-order chi connectivity index (χ0) is 11.4. The highest BCUT2D eigenvalue weighted by atomic mass is 16.5. The van der Waals surface area contributed by atoms with Gasteiger partial charge >= 0.3 is 0 Å². The van der Waals surface area contributed by atoms with Crippen molar-refractivity contribution in [3.8, 4) is 0 Å². The number of nitrogens with zero attached hydrogens (tertiary/aromatic N) is 3. The van der Waals surface area contributed by atoms with Crippen LogP contribution >= 0.6 is 0 Å². The zero-order valence-corrected chi connectivity index (χ0v) is 9.65. The van der Waals surface area contributed by atoms with Crippen LogP contribution in [-0.4, -0.2) is 40.3 Å². The molecule has 6 heteroatoms. The Morgan fingerprint density at radius 2 is 2.56 bits per heavy atom. The molecule has 1 aliphatic heterocycles. The number of hydrogen-bond acceptors (Lipinski definition) is 5. The molecule has 1 aliphatic rings. The van der Waals surface area contributed by atoms with Gasteiger partial charge in [-0.2, -0.15) is 0 Å². The average Bonchev–Trinajstić information content (AvgIpc) is 2.88. The van der Waals surface area contributed by atoms with Crippen molar-refractivity contribution in [1.82, 2.24) is 20.3 Å². The topological polar surface area (TPSA) is 78.0 Å². The summed E-state index contributed by atoms with van der Waals surface area (Å²) < 4.78 is 7.18. The molecule has 16 heavy (non-hydrogen) atoms. The Bertz CT molecular complexity index is 332. The molecule has 1 fully saturated rings. The van der Waals surface area contributed by atoms with Crippen LogP contribution < -0.4 is 11.1 Å². The van der Waals surface area contributed by atoms with Crippen molar-refractivity contribution in [2.24, 2.45) is 5.73 Å². The second-order valence-electron chi connectivity index (χ2n) is 4.47. The number of hydrogen-bond donors (Lipinski definition) is 2. The molecule has 0 spiro atoms. The maximum absolute atomic E-state index is 5.46. The van der Waals surface area contributed by atoms with Crippen molar-refractivity contribution in [2.45, 2.75) is 32.0 Å². The summed E-state index contributed by atoms with van der Waals surface area (Å²) in [6.45, 7) is 5.95. The Labute approximate surface area is 95.1 Å². The van der Waals surface area contributed by atoms with Gasteiger partial charge in [-0.3, -0.25) is 4.68 Å². The van der Waals surface area contributed by atoms with E-state index in [0.29, 0.717) is 6.54 Å². The summed E-state index contributed by atoms with van der Waals surface area (Å²) in [5.74, 6) is 0. The Morgan fingerprint density at radius 3 is 3.19 bits per heavy atom. The molecule has 2 heterocycles. The minimum absolute atomic E-state index is 0.122. The Hall–Kier alpha value is -0.980. The highest BCUT2D eigenvalue weighted by molar-refractivity contribution is 4.91. The summed E-state index contributed by atoms with van der Waals surface area (Å²) in [4.78, 5) is 0. The van der Waals surface area contributed by atoms with E-state index in [-0.39, 0.29) is 5.54 Å². The van der Waals surface area contributed by atoms with Gasteiger partial charge in [0.2, 0.25) is 0 Å². The Kier molecular flexibility index (Phi) is 3.52. The first-order valence-corrected chi connectivity index (χ1v) is 5.64.